The smallest absolute Gasteiger partial charge is 0.243 e. The van der Waals surface area contributed by atoms with Crippen molar-refractivity contribution in [3.8, 4) is 11.1 Å². The lowest BCUT2D eigenvalue weighted by atomic mass is 10.1. The van der Waals surface area contributed by atoms with E-state index in [0.29, 0.717) is 18.0 Å². The van der Waals surface area contributed by atoms with E-state index in [0.717, 1.165) is 16.7 Å². The number of nitrogens with zero attached hydrogens (tertiary/aromatic N) is 2. The number of aliphatic hydroxyl groups is 1. The fraction of sp³-hybridized carbons (Fsp3) is 0.318. The van der Waals surface area contributed by atoms with Crippen molar-refractivity contribution in [3.63, 3.8) is 0 Å². The molecule has 2 aromatic heterocycles. The van der Waals surface area contributed by atoms with Crippen LogP contribution >= 0.6 is 0 Å². The highest BCUT2D eigenvalue weighted by atomic mass is 16.5. The van der Waals surface area contributed by atoms with Crippen LogP contribution in [0, 0.1) is 6.92 Å². The van der Waals surface area contributed by atoms with Crippen LogP contribution in [0.4, 0.5) is 0 Å². The predicted molar refractivity (Wildman–Crippen MR) is 109 cm³/mol. The van der Waals surface area contributed by atoms with Gasteiger partial charge in [0.05, 0.1) is 18.2 Å². The van der Waals surface area contributed by atoms with E-state index in [2.05, 4.69) is 15.5 Å². The number of nitrogens with one attached hydrogen (secondary N) is 2. The number of aromatic nitrogens is 2. The molecule has 0 radical (unpaired) electrons. The van der Waals surface area contributed by atoms with E-state index in [9.17, 15) is 14.7 Å². The van der Waals surface area contributed by atoms with Gasteiger partial charge < -0.3 is 24.8 Å². The number of likely N-dealkylation sites (tertiary alicyclic amines) is 1. The molecule has 30 heavy (non-hydrogen) atoms. The van der Waals surface area contributed by atoms with Crippen LogP contribution in [0.25, 0.3) is 11.1 Å². The first kappa shape index (κ1) is 19.9. The van der Waals surface area contributed by atoms with Gasteiger partial charge >= 0.3 is 0 Å². The predicted octanol–water partition coefficient (Wildman–Crippen LogP) is 1.80. The number of carbonyl (C=O) groups is 2. The molecule has 3 aromatic rings. The fourth-order valence-corrected chi connectivity index (χ4v) is 3.76. The molecule has 8 nitrogen and oxygen atoms in total. The number of aliphatic hydroxyl groups excluding tert-OH is 1. The summed E-state index contributed by atoms with van der Waals surface area (Å²) < 4.78 is 5.10. The van der Waals surface area contributed by atoms with Gasteiger partial charge in [0.1, 0.15) is 11.8 Å². The Kier molecular flexibility index (Phi) is 5.67. The molecular formula is C22H24N4O4. The highest BCUT2D eigenvalue weighted by Crippen LogP contribution is 2.21. The van der Waals surface area contributed by atoms with Crippen molar-refractivity contribution in [2.24, 2.45) is 0 Å². The van der Waals surface area contributed by atoms with Crippen LogP contribution in [0.2, 0.25) is 0 Å². The van der Waals surface area contributed by atoms with Crippen molar-refractivity contribution >= 4 is 11.8 Å². The Morgan fingerprint density at radius 2 is 2.17 bits per heavy atom. The second kappa shape index (κ2) is 8.54. The zero-order valence-electron chi connectivity index (χ0n) is 16.7. The van der Waals surface area contributed by atoms with Crippen LogP contribution in [0.3, 0.4) is 0 Å². The van der Waals surface area contributed by atoms with E-state index < -0.39 is 12.1 Å². The zero-order valence-corrected chi connectivity index (χ0v) is 16.7. The van der Waals surface area contributed by atoms with Gasteiger partial charge in [-0.05, 0) is 35.7 Å². The summed E-state index contributed by atoms with van der Waals surface area (Å²) in [4.78, 5) is 29.9. The summed E-state index contributed by atoms with van der Waals surface area (Å²) in [6.07, 6.45) is 3.28. The van der Waals surface area contributed by atoms with Gasteiger partial charge in [-0.3, -0.25) is 9.59 Å². The second-order valence-electron chi connectivity index (χ2n) is 7.58. The van der Waals surface area contributed by atoms with Crippen LogP contribution < -0.4 is 5.32 Å². The number of amides is 2. The van der Waals surface area contributed by atoms with Crippen LogP contribution in [0.5, 0.6) is 0 Å². The van der Waals surface area contributed by atoms with E-state index >= 15 is 0 Å². The lowest BCUT2D eigenvalue weighted by molar-refractivity contribution is -0.138. The molecule has 3 heterocycles. The SMILES string of the molecule is Cc1cc(CC(=O)N2C[C@H](O)C[C@H]2C(=O)NCc2cccc(-c3cc[nH]c3)c2)on1. The minimum atomic E-state index is -0.724. The van der Waals surface area contributed by atoms with Crippen LogP contribution in [0.15, 0.2) is 53.3 Å². The molecule has 2 atom stereocenters. The van der Waals surface area contributed by atoms with Gasteiger partial charge in [-0.2, -0.15) is 0 Å². The Bertz CT molecular complexity index is 1030. The third-order valence-corrected chi connectivity index (χ3v) is 5.23. The Morgan fingerprint density at radius 1 is 1.30 bits per heavy atom. The lowest BCUT2D eigenvalue weighted by Crippen LogP contribution is -2.46. The summed E-state index contributed by atoms with van der Waals surface area (Å²) >= 11 is 0. The molecule has 1 saturated heterocycles. The Balaban J connectivity index is 1.39. The average Bonchev–Trinajstić information content (AvgIpc) is 3.48. The normalized spacial score (nSPS) is 18.5. The van der Waals surface area contributed by atoms with Crippen molar-refractivity contribution in [1.29, 1.82) is 0 Å². The fourth-order valence-electron chi connectivity index (χ4n) is 3.76. The lowest BCUT2D eigenvalue weighted by Gasteiger charge is -2.23. The topological polar surface area (TPSA) is 111 Å². The Labute approximate surface area is 173 Å². The van der Waals surface area contributed by atoms with Gasteiger partial charge in [0, 0.05) is 38.0 Å². The van der Waals surface area contributed by atoms with Crippen molar-refractivity contribution in [1.82, 2.24) is 20.4 Å². The van der Waals surface area contributed by atoms with E-state index in [1.54, 1.807) is 13.0 Å². The molecule has 1 aliphatic heterocycles. The molecule has 0 saturated carbocycles. The Hall–Kier alpha value is -3.39. The number of benzene rings is 1. The first-order valence-corrected chi connectivity index (χ1v) is 9.89. The third-order valence-electron chi connectivity index (χ3n) is 5.23. The number of hydrogen-bond donors (Lipinski definition) is 3. The van der Waals surface area contributed by atoms with Gasteiger partial charge in [0.25, 0.3) is 0 Å². The molecule has 8 heteroatoms. The van der Waals surface area contributed by atoms with E-state index in [-0.39, 0.29) is 31.2 Å². The molecule has 4 rings (SSSR count). The molecule has 0 aliphatic carbocycles. The zero-order chi connectivity index (χ0) is 21.1. The number of aromatic amines is 1. The first-order chi connectivity index (χ1) is 14.5. The Morgan fingerprint density at radius 3 is 2.90 bits per heavy atom. The van der Waals surface area contributed by atoms with Crippen molar-refractivity contribution in [2.45, 2.75) is 38.5 Å². The van der Waals surface area contributed by atoms with E-state index in [4.69, 9.17) is 4.52 Å². The molecule has 1 aromatic carbocycles. The minimum absolute atomic E-state index is 0.00997. The maximum Gasteiger partial charge on any atom is 0.243 e. The summed E-state index contributed by atoms with van der Waals surface area (Å²) in [5.41, 5.74) is 3.77. The van der Waals surface area contributed by atoms with Crippen molar-refractivity contribution in [2.75, 3.05) is 6.54 Å². The molecule has 1 fully saturated rings. The maximum atomic E-state index is 12.8. The number of β-amino-alcohol motifs (C(OH)–C–C–N with tert-alkyl or cyclic N) is 1. The van der Waals surface area contributed by atoms with Crippen LogP contribution in [-0.4, -0.2) is 50.7 Å². The van der Waals surface area contributed by atoms with Gasteiger partial charge in [0.15, 0.2) is 0 Å². The third kappa shape index (κ3) is 4.44. The van der Waals surface area contributed by atoms with Crippen LogP contribution in [0.1, 0.15) is 23.4 Å². The molecule has 0 unspecified atom stereocenters. The maximum absolute atomic E-state index is 12.8. The number of carbonyl (C=O) groups excluding carboxylic acids is 2. The standard InChI is InChI=1S/C22H24N4O4/c1-14-7-19(30-25-14)10-21(28)26-13-18(27)9-20(26)22(29)24-11-15-3-2-4-16(8-15)17-5-6-23-12-17/h2-8,12,18,20,23,27H,9-11,13H2,1H3,(H,24,29)/t18-,20+/m1/s1. The van der Waals surface area contributed by atoms with Crippen molar-refractivity contribution in [3.05, 3.63) is 65.8 Å². The molecule has 0 bridgehead atoms. The quantitative estimate of drug-likeness (QED) is 0.576. The molecule has 2 amide bonds. The summed E-state index contributed by atoms with van der Waals surface area (Å²) in [5, 5.41) is 16.7. The first-order valence-electron chi connectivity index (χ1n) is 9.89. The number of aryl methyl sites for hydroxylation is 1. The molecular weight excluding hydrogens is 384 g/mol. The number of hydrogen-bond acceptors (Lipinski definition) is 5. The molecule has 1 aliphatic rings. The van der Waals surface area contributed by atoms with E-state index in [1.165, 1.54) is 4.90 Å². The van der Waals surface area contributed by atoms with Crippen molar-refractivity contribution < 1.29 is 19.2 Å². The highest BCUT2D eigenvalue weighted by molar-refractivity contribution is 5.89. The van der Waals surface area contributed by atoms with Gasteiger partial charge in [-0.25, -0.2) is 0 Å². The van der Waals surface area contributed by atoms with Gasteiger partial charge in [-0.15, -0.1) is 0 Å². The summed E-state index contributed by atoms with van der Waals surface area (Å²) in [6.45, 7) is 2.25. The summed E-state index contributed by atoms with van der Waals surface area (Å²) in [7, 11) is 0. The van der Waals surface area contributed by atoms with Gasteiger partial charge in [0.2, 0.25) is 11.8 Å². The number of H-pyrrole nitrogens is 1. The largest absolute Gasteiger partial charge is 0.391 e. The average molecular weight is 408 g/mol. The minimum Gasteiger partial charge on any atom is -0.391 e. The van der Waals surface area contributed by atoms with Gasteiger partial charge in [-0.1, -0.05) is 23.4 Å². The molecule has 156 valence electrons. The molecule has 0 spiro atoms. The summed E-state index contributed by atoms with van der Waals surface area (Å²) in [6, 6.07) is 10.9. The monoisotopic (exact) mass is 408 g/mol. The second-order valence-corrected chi connectivity index (χ2v) is 7.58. The van der Waals surface area contributed by atoms with Crippen LogP contribution in [-0.2, 0) is 22.6 Å². The number of rotatable bonds is 6. The van der Waals surface area contributed by atoms with E-state index in [1.807, 2.05) is 42.7 Å². The molecule has 3 N–H and O–H groups in total. The summed E-state index contributed by atoms with van der Waals surface area (Å²) in [5.74, 6) is -0.0994. The highest BCUT2D eigenvalue weighted by Gasteiger charge is 2.38.